The molecule has 0 saturated heterocycles. The second-order valence-corrected chi connectivity index (χ2v) is 4.15. The first-order valence-corrected chi connectivity index (χ1v) is 5.92. The number of rotatable bonds is 7. The molecule has 0 bridgehead atoms. The Morgan fingerprint density at radius 1 is 1.37 bits per heavy atom. The summed E-state index contributed by atoms with van der Waals surface area (Å²) >= 11 is 0. The highest BCUT2D eigenvalue weighted by molar-refractivity contribution is 5.48. The van der Waals surface area contributed by atoms with Crippen molar-refractivity contribution in [3.8, 4) is 11.8 Å². The van der Waals surface area contributed by atoms with E-state index >= 15 is 0 Å². The van der Waals surface area contributed by atoms with E-state index in [1.54, 1.807) is 0 Å². The molecule has 0 aromatic carbocycles. The van der Waals surface area contributed by atoms with E-state index < -0.39 is 10.5 Å². The highest BCUT2D eigenvalue weighted by Gasteiger charge is 2.28. The van der Waals surface area contributed by atoms with E-state index in [9.17, 15) is 10.1 Å². The van der Waals surface area contributed by atoms with E-state index in [0.717, 1.165) is 6.33 Å². The fourth-order valence-electron chi connectivity index (χ4n) is 1.42. The van der Waals surface area contributed by atoms with Gasteiger partial charge < -0.3 is 15.2 Å². The first-order chi connectivity index (χ1) is 8.97. The summed E-state index contributed by atoms with van der Waals surface area (Å²) in [4.78, 5) is 17.8. The zero-order chi connectivity index (χ0) is 14.5. The molecule has 1 rings (SSSR count). The number of nitro groups is 1. The van der Waals surface area contributed by atoms with Crippen molar-refractivity contribution in [1.82, 2.24) is 9.97 Å². The number of nitrogens with zero attached hydrogens (tertiary/aromatic N) is 3. The minimum Gasteiger partial charge on any atom is -0.476 e. The number of hydrogen-bond acceptors (Lipinski definition) is 7. The van der Waals surface area contributed by atoms with Crippen LogP contribution in [0.3, 0.4) is 0 Å². The summed E-state index contributed by atoms with van der Waals surface area (Å²) in [5.74, 6) is -0.265. The van der Waals surface area contributed by atoms with Crippen LogP contribution in [0.1, 0.15) is 26.7 Å². The predicted molar refractivity (Wildman–Crippen MR) is 68.2 cm³/mol. The summed E-state index contributed by atoms with van der Waals surface area (Å²) in [6.07, 6.45) is 2.54. The summed E-state index contributed by atoms with van der Waals surface area (Å²) in [6.45, 7) is 4.00. The molecule has 19 heavy (non-hydrogen) atoms. The second kappa shape index (κ2) is 6.28. The summed E-state index contributed by atoms with van der Waals surface area (Å²) in [6, 6.07) is 0. The van der Waals surface area contributed by atoms with Gasteiger partial charge in [0, 0.05) is 5.54 Å². The number of methoxy groups -OCH3 is 1. The van der Waals surface area contributed by atoms with E-state index in [-0.39, 0.29) is 24.1 Å². The van der Waals surface area contributed by atoms with Crippen LogP contribution in [0.5, 0.6) is 11.8 Å². The van der Waals surface area contributed by atoms with E-state index in [4.69, 9.17) is 15.2 Å². The molecule has 0 fully saturated rings. The van der Waals surface area contributed by atoms with Crippen LogP contribution in [0.4, 0.5) is 5.69 Å². The molecule has 2 N–H and O–H groups in total. The number of ether oxygens (including phenoxy) is 2. The first kappa shape index (κ1) is 15.1. The Labute approximate surface area is 111 Å². The van der Waals surface area contributed by atoms with Crippen LogP contribution in [-0.4, -0.2) is 34.1 Å². The van der Waals surface area contributed by atoms with E-state index in [1.807, 2.05) is 13.8 Å². The van der Waals surface area contributed by atoms with Gasteiger partial charge >= 0.3 is 17.4 Å². The molecule has 0 radical (unpaired) electrons. The lowest BCUT2D eigenvalue weighted by Gasteiger charge is -2.25. The van der Waals surface area contributed by atoms with Gasteiger partial charge in [0.2, 0.25) is 0 Å². The number of aromatic nitrogens is 2. The van der Waals surface area contributed by atoms with E-state index in [0.29, 0.717) is 12.8 Å². The topological polar surface area (TPSA) is 113 Å². The average molecular weight is 270 g/mol. The van der Waals surface area contributed by atoms with Gasteiger partial charge in [-0.1, -0.05) is 13.8 Å². The Morgan fingerprint density at radius 3 is 2.42 bits per heavy atom. The molecule has 0 aliphatic carbocycles. The number of hydrogen-bond donors (Lipinski definition) is 1. The lowest BCUT2D eigenvalue weighted by Crippen LogP contribution is -2.44. The highest BCUT2D eigenvalue weighted by atomic mass is 16.6. The van der Waals surface area contributed by atoms with Gasteiger partial charge in [-0.2, -0.15) is 9.97 Å². The molecule has 0 unspecified atom stereocenters. The normalized spacial score (nSPS) is 11.2. The van der Waals surface area contributed by atoms with E-state index in [2.05, 4.69) is 9.97 Å². The summed E-state index contributed by atoms with van der Waals surface area (Å²) in [5.41, 5.74) is 5.15. The Morgan fingerprint density at radius 2 is 1.95 bits per heavy atom. The van der Waals surface area contributed by atoms with Crippen molar-refractivity contribution in [2.24, 2.45) is 5.73 Å². The molecule has 0 saturated carbocycles. The highest BCUT2D eigenvalue weighted by Crippen LogP contribution is 2.32. The maximum Gasteiger partial charge on any atom is 0.392 e. The Bertz CT molecular complexity index is 448. The minimum absolute atomic E-state index is 0.131. The standard InChI is InChI=1S/C11H18N4O4/c1-4-11(12,5-2)6-19-10-8(15(16)17)9(18-3)13-7-14-10/h7H,4-6,12H2,1-3H3. The largest absolute Gasteiger partial charge is 0.476 e. The molecule has 0 amide bonds. The Hall–Kier alpha value is -1.96. The lowest BCUT2D eigenvalue weighted by atomic mass is 9.96. The van der Waals surface area contributed by atoms with Gasteiger partial charge in [-0.3, -0.25) is 10.1 Å². The Kier molecular flexibility index (Phi) is 4.99. The molecule has 0 spiro atoms. The zero-order valence-electron chi connectivity index (χ0n) is 11.3. The summed E-state index contributed by atoms with van der Waals surface area (Å²) in [5, 5.41) is 11.0. The molecule has 8 nitrogen and oxygen atoms in total. The van der Waals surface area contributed by atoms with Crippen LogP contribution < -0.4 is 15.2 Å². The fraction of sp³-hybridized carbons (Fsp3) is 0.636. The molecule has 0 aliphatic heterocycles. The van der Waals surface area contributed by atoms with Crippen LogP contribution >= 0.6 is 0 Å². The van der Waals surface area contributed by atoms with Gasteiger partial charge in [0.1, 0.15) is 12.9 Å². The van der Waals surface area contributed by atoms with Crippen LogP contribution in [0, 0.1) is 10.1 Å². The van der Waals surface area contributed by atoms with Crippen molar-refractivity contribution in [2.45, 2.75) is 32.2 Å². The van der Waals surface area contributed by atoms with Crippen molar-refractivity contribution in [3.05, 3.63) is 16.4 Å². The fourth-order valence-corrected chi connectivity index (χ4v) is 1.42. The molecular weight excluding hydrogens is 252 g/mol. The predicted octanol–water partition coefficient (Wildman–Crippen LogP) is 1.29. The smallest absolute Gasteiger partial charge is 0.392 e. The molecule has 0 atom stereocenters. The Balaban J connectivity index is 2.98. The van der Waals surface area contributed by atoms with Gasteiger partial charge in [0.05, 0.1) is 12.0 Å². The van der Waals surface area contributed by atoms with Gasteiger partial charge in [0.15, 0.2) is 0 Å². The quantitative estimate of drug-likeness (QED) is 0.586. The lowest BCUT2D eigenvalue weighted by molar-refractivity contribution is -0.387. The third-order valence-corrected chi connectivity index (χ3v) is 3.04. The van der Waals surface area contributed by atoms with Gasteiger partial charge in [-0.25, -0.2) is 0 Å². The number of nitrogens with two attached hydrogens (primary N) is 1. The van der Waals surface area contributed by atoms with Crippen LogP contribution in [0.15, 0.2) is 6.33 Å². The van der Waals surface area contributed by atoms with Gasteiger partial charge in [-0.15, -0.1) is 0 Å². The van der Waals surface area contributed by atoms with Crippen molar-refractivity contribution < 1.29 is 14.4 Å². The molecular formula is C11H18N4O4. The summed E-state index contributed by atoms with van der Waals surface area (Å²) < 4.78 is 10.2. The van der Waals surface area contributed by atoms with Crippen molar-refractivity contribution in [2.75, 3.05) is 13.7 Å². The van der Waals surface area contributed by atoms with Crippen molar-refractivity contribution in [3.63, 3.8) is 0 Å². The zero-order valence-corrected chi connectivity index (χ0v) is 11.3. The molecule has 0 aliphatic rings. The second-order valence-electron chi connectivity index (χ2n) is 4.15. The third-order valence-electron chi connectivity index (χ3n) is 3.04. The van der Waals surface area contributed by atoms with Crippen LogP contribution in [0.25, 0.3) is 0 Å². The molecule has 1 aromatic heterocycles. The maximum absolute atomic E-state index is 11.0. The summed E-state index contributed by atoms with van der Waals surface area (Å²) in [7, 11) is 1.30. The van der Waals surface area contributed by atoms with Crippen molar-refractivity contribution in [1.29, 1.82) is 0 Å². The molecule has 1 aromatic rings. The van der Waals surface area contributed by atoms with Crippen LogP contribution in [-0.2, 0) is 0 Å². The van der Waals surface area contributed by atoms with Gasteiger partial charge in [-0.05, 0) is 12.8 Å². The monoisotopic (exact) mass is 270 g/mol. The van der Waals surface area contributed by atoms with Gasteiger partial charge in [0.25, 0.3) is 0 Å². The molecule has 1 heterocycles. The SMILES string of the molecule is CCC(N)(CC)COc1ncnc(OC)c1[N+](=O)[O-]. The maximum atomic E-state index is 11.0. The molecule has 106 valence electrons. The minimum atomic E-state index is -0.635. The average Bonchev–Trinajstić information content (AvgIpc) is 2.43. The molecule has 8 heteroatoms. The first-order valence-electron chi connectivity index (χ1n) is 5.92. The third kappa shape index (κ3) is 3.50. The van der Waals surface area contributed by atoms with Crippen LogP contribution in [0.2, 0.25) is 0 Å². The van der Waals surface area contributed by atoms with Crippen molar-refractivity contribution >= 4 is 5.69 Å². The van der Waals surface area contributed by atoms with E-state index in [1.165, 1.54) is 7.11 Å².